The molecule has 0 aliphatic carbocycles. The summed E-state index contributed by atoms with van der Waals surface area (Å²) in [5.74, 6) is 0.641. The van der Waals surface area contributed by atoms with Crippen molar-refractivity contribution in [2.45, 2.75) is 25.9 Å². The average Bonchev–Trinajstić information content (AvgIpc) is 2.46. The third kappa shape index (κ3) is 3.20. The molecule has 6 heteroatoms. The lowest BCUT2D eigenvalue weighted by molar-refractivity contribution is 0.0593. The molecule has 1 aliphatic heterocycles. The van der Waals surface area contributed by atoms with Gasteiger partial charge in [-0.3, -0.25) is 0 Å². The van der Waals surface area contributed by atoms with Crippen molar-refractivity contribution in [1.29, 1.82) is 0 Å². The van der Waals surface area contributed by atoms with Gasteiger partial charge in [0, 0.05) is 13.1 Å². The number of esters is 1. The van der Waals surface area contributed by atoms with E-state index in [0.29, 0.717) is 5.92 Å². The van der Waals surface area contributed by atoms with E-state index < -0.39 is 5.97 Å². The van der Waals surface area contributed by atoms with Gasteiger partial charge < -0.3 is 14.7 Å². The maximum atomic E-state index is 11.3. The summed E-state index contributed by atoms with van der Waals surface area (Å²) >= 11 is 0. The van der Waals surface area contributed by atoms with Crippen molar-refractivity contribution in [2.24, 2.45) is 5.92 Å². The maximum Gasteiger partial charge on any atom is 0.358 e. The second kappa shape index (κ2) is 5.97. The van der Waals surface area contributed by atoms with E-state index in [4.69, 9.17) is 0 Å². The highest BCUT2D eigenvalue weighted by Crippen LogP contribution is 2.23. The van der Waals surface area contributed by atoms with E-state index >= 15 is 0 Å². The van der Waals surface area contributed by atoms with Crippen molar-refractivity contribution in [1.82, 2.24) is 9.97 Å². The third-order valence-electron chi connectivity index (χ3n) is 3.58. The Morgan fingerprint density at radius 2 is 2.11 bits per heavy atom. The van der Waals surface area contributed by atoms with Gasteiger partial charge in [0.1, 0.15) is 5.82 Å². The van der Waals surface area contributed by atoms with Crippen molar-refractivity contribution in [3.05, 3.63) is 18.1 Å². The summed E-state index contributed by atoms with van der Waals surface area (Å²) in [7, 11) is 1.32. The zero-order valence-corrected chi connectivity index (χ0v) is 11.2. The molecule has 1 aromatic rings. The van der Waals surface area contributed by atoms with Crippen molar-refractivity contribution < 1.29 is 14.6 Å². The Balaban J connectivity index is 1.98. The number of ether oxygens (including phenoxy) is 1. The molecule has 0 aromatic carbocycles. The van der Waals surface area contributed by atoms with Crippen LogP contribution in [0.1, 0.15) is 30.3 Å². The minimum absolute atomic E-state index is 0.213. The van der Waals surface area contributed by atoms with E-state index in [2.05, 4.69) is 19.6 Å². The summed E-state index contributed by atoms with van der Waals surface area (Å²) in [6, 6.07) is 0. The Morgan fingerprint density at radius 3 is 2.58 bits per heavy atom. The Labute approximate surface area is 112 Å². The summed E-state index contributed by atoms with van der Waals surface area (Å²) in [5.41, 5.74) is 0.213. The van der Waals surface area contributed by atoms with Gasteiger partial charge in [-0.15, -0.1) is 0 Å². The molecule has 1 unspecified atom stereocenters. The summed E-state index contributed by atoms with van der Waals surface area (Å²) in [5, 5.41) is 9.56. The molecule has 0 spiro atoms. The predicted octanol–water partition coefficient (Wildman–Crippen LogP) is 0.860. The molecule has 1 saturated heterocycles. The highest BCUT2D eigenvalue weighted by Gasteiger charge is 2.23. The van der Waals surface area contributed by atoms with Crippen LogP contribution in [-0.4, -0.2) is 47.3 Å². The summed E-state index contributed by atoms with van der Waals surface area (Å²) in [6.45, 7) is 3.54. The smallest absolute Gasteiger partial charge is 0.358 e. The maximum absolute atomic E-state index is 11.3. The second-order valence-electron chi connectivity index (χ2n) is 4.82. The minimum Gasteiger partial charge on any atom is -0.464 e. The van der Waals surface area contributed by atoms with Crippen molar-refractivity contribution in [3.8, 4) is 0 Å². The summed E-state index contributed by atoms with van der Waals surface area (Å²) in [6.07, 6.45) is 4.66. The first-order valence-corrected chi connectivity index (χ1v) is 6.45. The third-order valence-corrected chi connectivity index (χ3v) is 3.58. The number of carbonyl (C=O) groups excluding carboxylic acids is 1. The van der Waals surface area contributed by atoms with E-state index in [1.54, 1.807) is 6.20 Å². The first kappa shape index (κ1) is 13.7. The molecule has 0 radical (unpaired) electrons. The van der Waals surface area contributed by atoms with Crippen LogP contribution in [-0.2, 0) is 4.74 Å². The number of aromatic nitrogens is 2. The average molecular weight is 265 g/mol. The number of carbonyl (C=O) groups is 1. The van der Waals surface area contributed by atoms with Crippen LogP contribution < -0.4 is 4.90 Å². The van der Waals surface area contributed by atoms with Crippen molar-refractivity contribution >= 4 is 11.8 Å². The van der Waals surface area contributed by atoms with Gasteiger partial charge in [-0.1, -0.05) is 0 Å². The van der Waals surface area contributed by atoms with Gasteiger partial charge in [0.15, 0.2) is 5.69 Å². The van der Waals surface area contributed by atoms with Crippen LogP contribution in [0.25, 0.3) is 0 Å². The van der Waals surface area contributed by atoms with E-state index in [9.17, 15) is 9.90 Å². The molecule has 2 heterocycles. The number of aliphatic hydroxyl groups excluding tert-OH is 1. The van der Waals surface area contributed by atoms with Crippen LogP contribution >= 0.6 is 0 Å². The van der Waals surface area contributed by atoms with Gasteiger partial charge in [0.2, 0.25) is 0 Å². The SMILES string of the molecule is COC(=O)c1cnc(N2CCC(C(C)O)CC2)cn1. The monoisotopic (exact) mass is 265 g/mol. The van der Waals surface area contributed by atoms with Crippen LogP contribution in [0.15, 0.2) is 12.4 Å². The Morgan fingerprint density at radius 1 is 1.42 bits per heavy atom. The molecule has 6 nitrogen and oxygen atoms in total. The molecule has 0 amide bonds. The zero-order valence-electron chi connectivity index (χ0n) is 11.2. The summed E-state index contributed by atoms with van der Waals surface area (Å²) in [4.78, 5) is 21.7. The first-order chi connectivity index (χ1) is 9.11. The second-order valence-corrected chi connectivity index (χ2v) is 4.82. The molecule has 2 rings (SSSR count). The number of piperidine rings is 1. The van der Waals surface area contributed by atoms with Crippen LogP contribution in [0.4, 0.5) is 5.82 Å². The fourth-order valence-corrected chi connectivity index (χ4v) is 2.31. The van der Waals surface area contributed by atoms with Crippen LogP contribution in [0.2, 0.25) is 0 Å². The molecule has 1 N–H and O–H groups in total. The predicted molar refractivity (Wildman–Crippen MR) is 70.0 cm³/mol. The molecule has 0 saturated carbocycles. The number of rotatable bonds is 3. The molecule has 1 aliphatic rings. The lowest BCUT2D eigenvalue weighted by atomic mass is 9.92. The van der Waals surface area contributed by atoms with Gasteiger partial charge in [0.25, 0.3) is 0 Å². The Bertz CT molecular complexity index is 425. The lowest BCUT2D eigenvalue weighted by Crippen LogP contribution is -2.37. The molecule has 1 aromatic heterocycles. The number of nitrogens with zero attached hydrogens (tertiary/aromatic N) is 3. The number of aliphatic hydroxyl groups is 1. The normalized spacial score (nSPS) is 18.2. The van der Waals surface area contributed by atoms with E-state index in [-0.39, 0.29) is 11.8 Å². The van der Waals surface area contributed by atoms with Crippen LogP contribution in [0, 0.1) is 5.92 Å². The molecular formula is C13H19N3O3. The van der Waals surface area contributed by atoms with Gasteiger partial charge in [-0.25, -0.2) is 14.8 Å². The van der Waals surface area contributed by atoms with Crippen LogP contribution in [0.5, 0.6) is 0 Å². The first-order valence-electron chi connectivity index (χ1n) is 6.45. The highest BCUT2D eigenvalue weighted by molar-refractivity contribution is 5.86. The largest absolute Gasteiger partial charge is 0.464 e. The number of anilines is 1. The van der Waals surface area contributed by atoms with E-state index in [1.807, 2.05) is 6.92 Å². The molecule has 1 fully saturated rings. The van der Waals surface area contributed by atoms with Crippen molar-refractivity contribution in [3.63, 3.8) is 0 Å². The fourth-order valence-electron chi connectivity index (χ4n) is 2.31. The number of hydrogen-bond acceptors (Lipinski definition) is 6. The van der Waals surface area contributed by atoms with Gasteiger partial charge in [-0.05, 0) is 25.7 Å². The zero-order chi connectivity index (χ0) is 13.8. The molecule has 19 heavy (non-hydrogen) atoms. The lowest BCUT2D eigenvalue weighted by Gasteiger charge is -2.33. The van der Waals surface area contributed by atoms with Gasteiger partial charge >= 0.3 is 5.97 Å². The molecule has 0 bridgehead atoms. The number of methoxy groups -OCH3 is 1. The molecule has 104 valence electrons. The Kier molecular flexibility index (Phi) is 4.31. The van der Waals surface area contributed by atoms with Crippen LogP contribution in [0.3, 0.4) is 0 Å². The van der Waals surface area contributed by atoms with Gasteiger partial charge in [-0.2, -0.15) is 0 Å². The topological polar surface area (TPSA) is 75.5 Å². The summed E-state index contributed by atoms with van der Waals surface area (Å²) < 4.78 is 4.58. The van der Waals surface area contributed by atoms with Crippen molar-refractivity contribution in [2.75, 3.05) is 25.1 Å². The standard InChI is InChI=1S/C13H19N3O3/c1-9(17)10-3-5-16(6-4-10)12-8-14-11(7-15-12)13(18)19-2/h7-10,17H,3-6H2,1-2H3. The fraction of sp³-hybridized carbons (Fsp3) is 0.615. The molecular weight excluding hydrogens is 246 g/mol. The van der Waals surface area contributed by atoms with Gasteiger partial charge in [0.05, 0.1) is 25.6 Å². The molecule has 1 atom stereocenters. The van der Waals surface area contributed by atoms with E-state index in [0.717, 1.165) is 31.7 Å². The quantitative estimate of drug-likeness (QED) is 0.817. The Hall–Kier alpha value is -1.69. The number of hydrogen-bond donors (Lipinski definition) is 1. The van der Waals surface area contributed by atoms with E-state index in [1.165, 1.54) is 13.3 Å². The minimum atomic E-state index is -0.480. The highest BCUT2D eigenvalue weighted by atomic mass is 16.5.